The predicted molar refractivity (Wildman–Crippen MR) is 79.8 cm³/mol. The van der Waals surface area contributed by atoms with Gasteiger partial charge in [-0.05, 0) is 18.6 Å². The first-order chi connectivity index (χ1) is 9.61. The Balaban J connectivity index is 1.89. The van der Waals surface area contributed by atoms with Crippen molar-refractivity contribution in [1.29, 1.82) is 0 Å². The summed E-state index contributed by atoms with van der Waals surface area (Å²) in [6.45, 7) is 4.84. The number of phenolic OH excluding ortho intramolecular Hbond substituents is 1. The van der Waals surface area contributed by atoms with Gasteiger partial charge in [-0.3, -0.25) is 4.79 Å². The van der Waals surface area contributed by atoms with Gasteiger partial charge in [0.1, 0.15) is 5.75 Å². The van der Waals surface area contributed by atoms with Crippen molar-refractivity contribution >= 4 is 11.6 Å². The van der Waals surface area contributed by atoms with Gasteiger partial charge in [0.25, 0.3) is 0 Å². The Morgan fingerprint density at radius 1 is 1.30 bits per heavy atom. The van der Waals surface area contributed by atoms with E-state index in [1.165, 1.54) is 0 Å². The SMILES string of the molecule is CCC(N)CC(=O)N1CCN(c2ccccc2O)CC1. The lowest BCUT2D eigenvalue weighted by Gasteiger charge is -2.36. The van der Waals surface area contributed by atoms with E-state index in [2.05, 4.69) is 4.90 Å². The van der Waals surface area contributed by atoms with E-state index >= 15 is 0 Å². The Bertz CT molecular complexity index is 456. The summed E-state index contributed by atoms with van der Waals surface area (Å²) in [7, 11) is 0. The molecule has 1 aliphatic heterocycles. The zero-order valence-corrected chi connectivity index (χ0v) is 12.0. The second kappa shape index (κ2) is 6.61. The molecule has 2 rings (SSSR count). The van der Waals surface area contributed by atoms with Gasteiger partial charge in [-0.25, -0.2) is 0 Å². The molecule has 0 aromatic heterocycles. The minimum atomic E-state index is -0.0429. The fourth-order valence-corrected chi connectivity index (χ4v) is 2.43. The highest BCUT2D eigenvalue weighted by Crippen LogP contribution is 2.27. The minimum Gasteiger partial charge on any atom is -0.506 e. The standard InChI is InChI=1S/C15H23N3O2/c1-2-12(16)11-15(20)18-9-7-17(8-10-18)13-5-3-4-6-14(13)19/h3-6,12,19H,2,7-11,16H2,1H3. The predicted octanol–water partition coefficient (Wildman–Crippen LogP) is 1.17. The van der Waals surface area contributed by atoms with E-state index in [0.29, 0.717) is 25.3 Å². The lowest BCUT2D eigenvalue weighted by Crippen LogP contribution is -2.49. The summed E-state index contributed by atoms with van der Waals surface area (Å²) < 4.78 is 0. The Kier molecular flexibility index (Phi) is 4.84. The topological polar surface area (TPSA) is 69.8 Å². The van der Waals surface area contributed by atoms with Gasteiger partial charge in [0.15, 0.2) is 0 Å². The highest BCUT2D eigenvalue weighted by molar-refractivity contribution is 5.77. The molecule has 1 aromatic carbocycles. The van der Waals surface area contributed by atoms with Crippen LogP contribution in [0, 0.1) is 0 Å². The summed E-state index contributed by atoms with van der Waals surface area (Å²) in [5, 5.41) is 9.85. The van der Waals surface area contributed by atoms with Crippen LogP contribution in [0.25, 0.3) is 0 Å². The van der Waals surface area contributed by atoms with Crippen molar-refractivity contribution in [1.82, 2.24) is 4.90 Å². The zero-order chi connectivity index (χ0) is 14.5. The smallest absolute Gasteiger partial charge is 0.224 e. The number of hydrogen-bond donors (Lipinski definition) is 2. The third-order valence-corrected chi connectivity index (χ3v) is 3.82. The van der Waals surface area contributed by atoms with Crippen LogP contribution in [0.1, 0.15) is 19.8 Å². The van der Waals surface area contributed by atoms with Crippen molar-refractivity contribution in [2.24, 2.45) is 5.73 Å². The first-order valence-corrected chi connectivity index (χ1v) is 7.18. The lowest BCUT2D eigenvalue weighted by molar-refractivity contribution is -0.131. The molecule has 1 amide bonds. The van der Waals surface area contributed by atoms with E-state index in [9.17, 15) is 9.90 Å². The number of aromatic hydroxyl groups is 1. The molecule has 3 N–H and O–H groups in total. The van der Waals surface area contributed by atoms with Crippen LogP contribution in [0.3, 0.4) is 0 Å². The number of anilines is 1. The first kappa shape index (κ1) is 14.7. The molecule has 20 heavy (non-hydrogen) atoms. The second-order valence-electron chi connectivity index (χ2n) is 5.23. The number of carbonyl (C=O) groups excluding carboxylic acids is 1. The Labute approximate surface area is 120 Å². The summed E-state index contributed by atoms with van der Waals surface area (Å²) >= 11 is 0. The maximum Gasteiger partial charge on any atom is 0.224 e. The molecule has 0 saturated carbocycles. The van der Waals surface area contributed by atoms with E-state index < -0.39 is 0 Å². The van der Waals surface area contributed by atoms with E-state index in [1.54, 1.807) is 6.07 Å². The number of amides is 1. The summed E-state index contributed by atoms with van der Waals surface area (Å²) in [6, 6.07) is 7.27. The van der Waals surface area contributed by atoms with Crippen LogP contribution >= 0.6 is 0 Å². The van der Waals surface area contributed by atoms with Gasteiger partial charge in [0, 0.05) is 38.6 Å². The third kappa shape index (κ3) is 3.42. The van der Waals surface area contributed by atoms with Crippen LogP contribution in [-0.4, -0.2) is 48.1 Å². The number of nitrogens with zero attached hydrogens (tertiary/aromatic N) is 2. The van der Waals surface area contributed by atoms with Crippen molar-refractivity contribution in [3.8, 4) is 5.75 Å². The normalized spacial score (nSPS) is 17.1. The molecule has 1 fully saturated rings. The molecule has 5 nitrogen and oxygen atoms in total. The number of para-hydroxylation sites is 2. The van der Waals surface area contributed by atoms with E-state index in [0.717, 1.165) is 25.2 Å². The van der Waals surface area contributed by atoms with Crippen molar-refractivity contribution < 1.29 is 9.90 Å². The fourth-order valence-electron chi connectivity index (χ4n) is 2.43. The molecule has 110 valence electrons. The van der Waals surface area contributed by atoms with Gasteiger partial charge in [-0.2, -0.15) is 0 Å². The fraction of sp³-hybridized carbons (Fsp3) is 0.533. The van der Waals surface area contributed by atoms with Crippen LogP contribution in [0.5, 0.6) is 5.75 Å². The van der Waals surface area contributed by atoms with E-state index in [-0.39, 0.29) is 11.9 Å². The molecule has 5 heteroatoms. The van der Waals surface area contributed by atoms with Gasteiger partial charge in [0.05, 0.1) is 5.69 Å². The first-order valence-electron chi connectivity index (χ1n) is 7.18. The van der Waals surface area contributed by atoms with Gasteiger partial charge in [-0.15, -0.1) is 0 Å². The molecular weight excluding hydrogens is 254 g/mol. The van der Waals surface area contributed by atoms with Crippen molar-refractivity contribution in [2.75, 3.05) is 31.1 Å². The summed E-state index contributed by atoms with van der Waals surface area (Å²) in [4.78, 5) is 16.0. The number of benzene rings is 1. The molecule has 1 unspecified atom stereocenters. The average molecular weight is 277 g/mol. The molecule has 1 aromatic rings. The molecule has 0 spiro atoms. The molecule has 0 aliphatic carbocycles. The third-order valence-electron chi connectivity index (χ3n) is 3.82. The highest BCUT2D eigenvalue weighted by Gasteiger charge is 2.23. The molecule has 0 bridgehead atoms. The molecule has 1 heterocycles. The quantitative estimate of drug-likeness (QED) is 0.866. The largest absolute Gasteiger partial charge is 0.506 e. The van der Waals surface area contributed by atoms with Crippen LogP contribution < -0.4 is 10.6 Å². The van der Waals surface area contributed by atoms with Gasteiger partial charge in [0.2, 0.25) is 5.91 Å². The van der Waals surface area contributed by atoms with Gasteiger partial charge >= 0.3 is 0 Å². The van der Waals surface area contributed by atoms with Gasteiger partial charge in [-0.1, -0.05) is 19.1 Å². The maximum absolute atomic E-state index is 12.1. The molecule has 1 aliphatic rings. The van der Waals surface area contributed by atoms with Crippen molar-refractivity contribution in [2.45, 2.75) is 25.8 Å². The average Bonchev–Trinajstić information content (AvgIpc) is 2.47. The zero-order valence-electron chi connectivity index (χ0n) is 12.0. The van der Waals surface area contributed by atoms with Crippen LogP contribution in [-0.2, 0) is 4.79 Å². The van der Waals surface area contributed by atoms with Crippen molar-refractivity contribution in [3.63, 3.8) is 0 Å². The van der Waals surface area contributed by atoms with E-state index in [1.807, 2.05) is 30.0 Å². The molecular formula is C15H23N3O2. The van der Waals surface area contributed by atoms with Gasteiger partial charge < -0.3 is 20.6 Å². The Hall–Kier alpha value is -1.75. The summed E-state index contributed by atoms with van der Waals surface area (Å²) in [5.41, 5.74) is 6.67. The summed E-state index contributed by atoms with van der Waals surface area (Å²) in [6.07, 6.45) is 1.25. The Morgan fingerprint density at radius 3 is 2.55 bits per heavy atom. The van der Waals surface area contributed by atoms with Crippen LogP contribution in [0.4, 0.5) is 5.69 Å². The number of nitrogens with two attached hydrogens (primary N) is 1. The molecule has 1 atom stereocenters. The summed E-state index contributed by atoms with van der Waals surface area (Å²) in [5.74, 6) is 0.427. The Morgan fingerprint density at radius 2 is 1.95 bits per heavy atom. The lowest BCUT2D eigenvalue weighted by atomic mass is 10.1. The van der Waals surface area contributed by atoms with E-state index in [4.69, 9.17) is 5.73 Å². The number of rotatable bonds is 4. The highest BCUT2D eigenvalue weighted by atomic mass is 16.3. The van der Waals surface area contributed by atoms with Crippen molar-refractivity contribution in [3.05, 3.63) is 24.3 Å². The van der Waals surface area contributed by atoms with Crippen LogP contribution in [0.15, 0.2) is 24.3 Å². The number of piperazine rings is 1. The van der Waals surface area contributed by atoms with Crippen LogP contribution in [0.2, 0.25) is 0 Å². The maximum atomic E-state index is 12.1. The molecule has 1 saturated heterocycles. The number of phenols is 1. The monoisotopic (exact) mass is 277 g/mol. The number of hydrogen-bond acceptors (Lipinski definition) is 4. The number of carbonyl (C=O) groups is 1. The second-order valence-corrected chi connectivity index (χ2v) is 5.23. The minimum absolute atomic E-state index is 0.0429. The molecule has 0 radical (unpaired) electrons.